The molecule has 0 spiro atoms. The minimum Gasteiger partial charge on any atom is -0.496 e. The molecule has 0 saturated carbocycles. The fourth-order valence-corrected chi connectivity index (χ4v) is 2.62. The molecule has 2 aromatic carbocycles. The van der Waals surface area contributed by atoms with Gasteiger partial charge in [0.2, 0.25) is 0 Å². The Morgan fingerprint density at radius 3 is 2.53 bits per heavy atom. The minimum absolute atomic E-state index is 0.0246. The number of carbonyl (C=O) groups excluding carboxylic acids is 3. The predicted octanol–water partition coefficient (Wildman–Crippen LogP) is 2.19. The second kappa shape index (κ2) is 9.57. The monoisotopic (exact) mass is 428 g/mol. The summed E-state index contributed by atoms with van der Waals surface area (Å²) in [6.45, 7) is -0.385. The van der Waals surface area contributed by atoms with Gasteiger partial charge in [-0.1, -0.05) is 47.1 Å². The van der Waals surface area contributed by atoms with E-state index in [2.05, 4.69) is 21.3 Å². The van der Waals surface area contributed by atoms with Crippen LogP contribution in [0.25, 0.3) is 11.3 Å². The molecule has 10 heteroatoms. The fraction of sp³-hybridized carbons (Fsp3) is 0.100. The van der Waals surface area contributed by atoms with E-state index in [1.54, 1.807) is 0 Å². The van der Waals surface area contributed by atoms with Gasteiger partial charge < -0.3 is 14.6 Å². The first kappa shape index (κ1) is 20.9. The summed E-state index contributed by atoms with van der Waals surface area (Å²) < 4.78 is 10.2. The zero-order valence-electron chi connectivity index (χ0n) is 15.8. The minimum atomic E-state index is -0.642. The summed E-state index contributed by atoms with van der Waals surface area (Å²) in [5.74, 6) is -1.16. The molecule has 0 atom stereocenters. The third-order valence-electron chi connectivity index (χ3n) is 3.93. The first-order chi connectivity index (χ1) is 14.5. The summed E-state index contributed by atoms with van der Waals surface area (Å²) in [7, 11) is 1.39. The van der Waals surface area contributed by atoms with E-state index < -0.39 is 17.7 Å². The van der Waals surface area contributed by atoms with Crippen molar-refractivity contribution in [2.75, 3.05) is 13.7 Å². The van der Waals surface area contributed by atoms with Crippen LogP contribution in [0, 0.1) is 0 Å². The topological polar surface area (TPSA) is 123 Å². The molecule has 0 aliphatic carbocycles. The second-order valence-corrected chi connectivity index (χ2v) is 6.41. The van der Waals surface area contributed by atoms with Crippen LogP contribution in [0.4, 0.5) is 0 Å². The van der Waals surface area contributed by atoms with Crippen LogP contribution in [0.15, 0.2) is 59.1 Å². The molecular formula is C20H17ClN4O5. The van der Waals surface area contributed by atoms with Gasteiger partial charge in [0.15, 0.2) is 11.5 Å². The van der Waals surface area contributed by atoms with E-state index in [1.807, 2.05) is 30.3 Å². The number of hydrogen-bond acceptors (Lipinski definition) is 6. The van der Waals surface area contributed by atoms with E-state index in [-0.39, 0.29) is 23.6 Å². The Kier molecular flexibility index (Phi) is 6.66. The highest BCUT2D eigenvalue weighted by molar-refractivity contribution is 6.30. The molecule has 0 saturated heterocycles. The number of aromatic nitrogens is 1. The van der Waals surface area contributed by atoms with Crippen molar-refractivity contribution < 1.29 is 23.6 Å². The largest absolute Gasteiger partial charge is 0.496 e. The van der Waals surface area contributed by atoms with Gasteiger partial charge in [-0.05, 0) is 18.2 Å². The molecule has 3 aromatic rings. The normalized spacial score (nSPS) is 10.2. The van der Waals surface area contributed by atoms with Crippen molar-refractivity contribution in [1.29, 1.82) is 0 Å². The molecule has 3 rings (SSSR count). The molecule has 0 fully saturated rings. The maximum Gasteiger partial charge on any atom is 0.273 e. The predicted molar refractivity (Wildman–Crippen MR) is 108 cm³/mol. The van der Waals surface area contributed by atoms with Gasteiger partial charge in [0.1, 0.15) is 5.75 Å². The molecule has 3 N–H and O–H groups in total. The Hall–Kier alpha value is -3.85. The van der Waals surface area contributed by atoms with Crippen molar-refractivity contribution in [3.05, 3.63) is 70.9 Å². The average molecular weight is 429 g/mol. The summed E-state index contributed by atoms with van der Waals surface area (Å²) in [5, 5.41) is 6.49. The van der Waals surface area contributed by atoms with Crippen LogP contribution >= 0.6 is 11.6 Å². The summed E-state index contributed by atoms with van der Waals surface area (Å²) in [6.07, 6.45) is 0. The number of nitrogens with one attached hydrogen (secondary N) is 3. The number of amides is 3. The van der Waals surface area contributed by atoms with Gasteiger partial charge in [-0.15, -0.1) is 0 Å². The van der Waals surface area contributed by atoms with E-state index >= 15 is 0 Å². The van der Waals surface area contributed by atoms with E-state index in [0.717, 1.165) is 5.56 Å². The number of nitrogens with zero attached hydrogens (tertiary/aromatic N) is 1. The summed E-state index contributed by atoms with van der Waals surface area (Å²) in [5.41, 5.74) is 5.41. The van der Waals surface area contributed by atoms with E-state index in [0.29, 0.717) is 10.8 Å². The molecular weight excluding hydrogens is 412 g/mol. The molecule has 0 aliphatic rings. The van der Waals surface area contributed by atoms with Gasteiger partial charge in [-0.3, -0.25) is 25.2 Å². The SMILES string of the molecule is COc1cc(Cl)ccc1C(=O)NNC(=O)CNC(=O)c1cc(-c2ccccc2)on1. The van der Waals surface area contributed by atoms with Crippen molar-refractivity contribution in [3.63, 3.8) is 0 Å². The second-order valence-electron chi connectivity index (χ2n) is 5.97. The third-order valence-corrected chi connectivity index (χ3v) is 4.17. The molecule has 1 heterocycles. The maximum absolute atomic E-state index is 12.2. The molecule has 0 aliphatic heterocycles. The van der Waals surface area contributed by atoms with Gasteiger partial charge >= 0.3 is 0 Å². The number of hydrogen-bond donors (Lipinski definition) is 3. The van der Waals surface area contributed by atoms with Crippen molar-refractivity contribution in [2.24, 2.45) is 0 Å². The molecule has 0 radical (unpaired) electrons. The van der Waals surface area contributed by atoms with Crippen molar-refractivity contribution >= 4 is 29.3 Å². The van der Waals surface area contributed by atoms with Crippen LogP contribution in [0.2, 0.25) is 5.02 Å². The lowest BCUT2D eigenvalue weighted by Gasteiger charge is -2.10. The van der Waals surface area contributed by atoms with Gasteiger partial charge in [0.05, 0.1) is 19.2 Å². The van der Waals surface area contributed by atoms with Crippen molar-refractivity contribution in [1.82, 2.24) is 21.3 Å². The Labute approximate surface area is 176 Å². The number of benzene rings is 2. The Morgan fingerprint density at radius 2 is 1.80 bits per heavy atom. The number of methoxy groups -OCH3 is 1. The Balaban J connectivity index is 1.49. The number of halogens is 1. The number of carbonyl (C=O) groups is 3. The molecule has 3 amide bonds. The molecule has 0 unspecified atom stereocenters. The lowest BCUT2D eigenvalue weighted by molar-refractivity contribution is -0.120. The number of ether oxygens (including phenoxy) is 1. The highest BCUT2D eigenvalue weighted by Crippen LogP contribution is 2.23. The number of rotatable bonds is 6. The summed E-state index contributed by atoms with van der Waals surface area (Å²) in [4.78, 5) is 36.2. The first-order valence-corrected chi connectivity index (χ1v) is 9.09. The van der Waals surface area contributed by atoms with E-state index in [1.165, 1.54) is 31.4 Å². The standard InChI is InChI=1S/C20H17ClN4O5/c1-29-17-9-13(21)7-8-14(17)19(27)24-23-18(26)11-22-20(28)15-10-16(30-25-15)12-5-3-2-4-6-12/h2-10H,11H2,1H3,(H,22,28)(H,23,26)(H,24,27). The van der Waals surface area contributed by atoms with Crippen LogP contribution in [0.5, 0.6) is 5.75 Å². The van der Waals surface area contributed by atoms with Gasteiger partial charge in [0.25, 0.3) is 17.7 Å². The van der Waals surface area contributed by atoms with Crippen molar-refractivity contribution in [3.8, 4) is 17.1 Å². The van der Waals surface area contributed by atoms with E-state index in [9.17, 15) is 14.4 Å². The van der Waals surface area contributed by atoms with Crippen LogP contribution in [-0.4, -0.2) is 36.5 Å². The summed E-state index contributed by atoms with van der Waals surface area (Å²) >= 11 is 5.85. The molecule has 30 heavy (non-hydrogen) atoms. The van der Waals surface area contributed by atoms with Crippen molar-refractivity contribution in [2.45, 2.75) is 0 Å². The first-order valence-electron chi connectivity index (χ1n) is 8.71. The van der Waals surface area contributed by atoms with Crippen LogP contribution in [0.1, 0.15) is 20.8 Å². The number of hydrazine groups is 1. The maximum atomic E-state index is 12.2. The van der Waals surface area contributed by atoms with Crippen LogP contribution in [-0.2, 0) is 4.79 Å². The Bertz CT molecular complexity index is 1070. The van der Waals surface area contributed by atoms with Crippen LogP contribution < -0.4 is 20.9 Å². The Morgan fingerprint density at radius 1 is 1.03 bits per heavy atom. The highest BCUT2D eigenvalue weighted by atomic mass is 35.5. The summed E-state index contributed by atoms with van der Waals surface area (Å²) in [6, 6.07) is 15.1. The molecule has 1 aromatic heterocycles. The molecule has 9 nitrogen and oxygen atoms in total. The van der Waals surface area contributed by atoms with Gasteiger partial charge in [-0.25, -0.2) is 0 Å². The molecule has 154 valence electrons. The van der Waals surface area contributed by atoms with Gasteiger partial charge in [-0.2, -0.15) is 0 Å². The quantitative estimate of drug-likeness (QED) is 0.517. The fourth-order valence-electron chi connectivity index (χ4n) is 2.46. The highest BCUT2D eigenvalue weighted by Gasteiger charge is 2.16. The molecule has 0 bridgehead atoms. The average Bonchev–Trinajstić information content (AvgIpc) is 3.26. The lowest BCUT2D eigenvalue weighted by Crippen LogP contribution is -2.46. The van der Waals surface area contributed by atoms with E-state index in [4.69, 9.17) is 20.9 Å². The van der Waals surface area contributed by atoms with Crippen LogP contribution in [0.3, 0.4) is 0 Å². The zero-order chi connectivity index (χ0) is 21.5. The smallest absolute Gasteiger partial charge is 0.273 e. The lowest BCUT2D eigenvalue weighted by atomic mass is 10.1. The zero-order valence-corrected chi connectivity index (χ0v) is 16.5. The van der Waals surface area contributed by atoms with Gasteiger partial charge in [0, 0.05) is 16.7 Å². The third kappa shape index (κ3) is 5.15.